The predicted octanol–water partition coefficient (Wildman–Crippen LogP) is 18.2. The number of esters is 4. The van der Waals surface area contributed by atoms with Crippen LogP contribution >= 0.6 is 15.6 Å². The van der Waals surface area contributed by atoms with Crippen molar-refractivity contribution < 1.29 is 80.2 Å². The topological polar surface area (TPSA) is 237 Å². The summed E-state index contributed by atoms with van der Waals surface area (Å²) in [4.78, 5) is 72.2. The zero-order chi connectivity index (χ0) is 62.0. The number of aliphatic hydroxyl groups excluding tert-OH is 1. The highest BCUT2D eigenvalue weighted by molar-refractivity contribution is 7.47. The van der Waals surface area contributed by atoms with Gasteiger partial charge in [0, 0.05) is 25.7 Å². The third kappa shape index (κ3) is 59.0. The summed E-state index contributed by atoms with van der Waals surface area (Å²) in [7, 11) is -9.89. The van der Waals surface area contributed by atoms with E-state index in [1.54, 1.807) is 0 Å². The van der Waals surface area contributed by atoms with Crippen molar-refractivity contribution in [2.24, 2.45) is 5.92 Å². The molecule has 0 spiro atoms. The number of carbonyl (C=O) groups is 4. The van der Waals surface area contributed by atoms with Gasteiger partial charge in [-0.2, -0.15) is 0 Å². The Balaban J connectivity index is 5.24. The molecule has 84 heavy (non-hydrogen) atoms. The maximum Gasteiger partial charge on any atom is 0.472 e. The molecular weight excluding hydrogens is 1110 g/mol. The molecule has 0 heterocycles. The van der Waals surface area contributed by atoms with Gasteiger partial charge in [0.25, 0.3) is 0 Å². The van der Waals surface area contributed by atoms with E-state index >= 15 is 0 Å². The van der Waals surface area contributed by atoms with E-state index in [-0.39, 0.29) is 25.7 Å². The molecule has 0 aliphatic heterocycles. The molecule has 0 aromatic carbocycles. The molecule has 0 amide bonds. The van der Waals surface area contributed by atoms with Crippen molar-refractivity contribution in [3.05, 3.63) is 0 Å². The van der Waals surface area contributed by atoms with Crippen LogP contribution < -0.4 is 0 Å². The number of hydrogen-bond donors (Lipinski definition) is 3. The third-order valence-electron chi connectivity index (χ3n) is 15.0. The number of hydrogen-bond acceptors (Lipinski definition) is 15. The van der Waals surface area contributed by atoms with Crippen molar-refractivity contribution >= 4 is 39.5 Å². The Hall–Kier alpha value is -1.94. The van der Waals surface area contributed by atoms with Gasteiger partial charge in [0.15, 0.2) is 12.2 Å². The summed E-state index contributed by atoms with van der Waals surface area (Å²) in [5, 5.41) is 10.5. The van der Waals surface area contributed by atoms with Crippen LogP contribution in [0.3, 0.4) is 0 Å². The zero-order valence-electron chi connectivity index (χ0n) is 54.0. The Labute approximate surface area is 511 Å². The summed E-state index contributed by atoms with van der Waals surface area (Å²) in [5.41, 5.74) is 0. The van der Waals surface area contributed by atoms with Gasteiger partial charge in [-0.3, -0.25) is 37.3 Å². The minimum atomic E-state index is -4.94. The molecule has 0 aliphatic carbocycles. The molecule has 0 rings (SSSR count). The van der Waals surface area contributed by atoms with Crippen LogP contribution in [0.2, 0.25) is 0 Å². The van der Waals surface area contributed by atoms with Crippen molar-refractivity contribution in [2.45, 2.75) is 348 Å². The lowest BCUT2D eigenvalue weighted by molar-refractivity contribution is -0.161. The summed E-state index contributed by atoms with van der Waals surface area (Å²) < 4.78 is 68.0. The summed E-state index contributed by atoms with van der Waals surface area (Å²) in [6.45, 7) is 7.18. The number of unbranched alkanes of at least 4 members (excludes halogenated alkanes) is 37. The quantitative estimate of drug-likeness (QED) is 0.0222. The molecule has 0 saturated heterocycles. The van der Waals surface area contributed by atoms with Crippen LogP contribution in [0.4, 0.5) is 0 Å². The highest BCUT2D eigenvalue weighted by Crippen LogP contribution is 2.45. The summed E-state index contributed by atoms with van der Waals surface area (Å²) in [5.74, 6) is -1.38. The van der Waals surface area contributed by atoms with Gasteiger partial charge in [-0.15, -0.1) is 0 Å². The lowest BCUT2D eigenvalue weighted by atomic mass is 10.0. The molecule has 0 bridgehead atoms. The molecule has 0 saturated carbocycles. The summed E-state index contributed by atoms with van der Waals surface area (Å²) >= 11 is 0. The molecule has 17 nitrogen and oxygen atoms in total. The Bertz CT molecular complexity index is 1640. The van der Waals surface area contributed by atoms with E-state index in [2.05, 4.69) is 34.6 Å². The van der Waals surface area contributed by atoms with Crippen molar-refractivity contribution in [3.63, 3.8) is 0 Å². The normalized spacial score (nSPS) is 14.2. The predicted molar refractivity (Wildman–Crippen MR) is 335 cm³/mol. The molecule has 0 fully saturated rings. The van der Waals surface area contributed by atoms with Crippen molar-refractivity contribution in [3.8, 4) is 0 Å². The molecule has 19 heteroatoms. The van der Waals surface area contributed by atoms with E-state index in [9.17, 15) is 43.2 Å². The van der Waals surface area contributed by atoms with Gasteiger partial charge in [0.1, 0.15) is 19.3 Å². The van der Waals surface area contributed by atoms with Gasteiger partial charge in [0.05, 0.1) is 26.4 Å². The molecule has 0 aromatic heterocycles. The van der Waals surface area contributed by atoms with Gasteiger partial charge in [-0.05, 0) is 31.6 Å². The average molecular weight is 1240 g/mol. The molecule has 0 aliphatic rings. The fourth-order valence-electron chi connectivity index (χ4n) is 9.76. The highest BCUT2D eigenvalue weighted by atomic mass is 31.2. The van der Waals surface area contributed by atoms with E-state index in [0.29, 0.717) is 25.7 Å². The van der Waals surface area contributed by atoms with Crippen LogP contribution in [0.25, 0.3) is 0 Å². The molecular formula is C65H126O17P2. The number of phosphoric acid groups is 2. The van der Waals surface area contributed by atoms with E-state index in [1.165, 1.54) is 154 Å². The molecule has 498 valence electrons. The van der Waals surface area contributed by atoms with Gasteiger partial charge in [-0.25, -0.2) is 9.13 Å². The SMILES string of the molecule is CCCCCCCCCCCCCC(=O)OC[C@H](COP(=O)(O)OC[C@@H](O)COP(=O)(O)OC[C@@H](COC(=O)CCCCCCCCCCC)OC(=O)CCCCCCCCCCCCC)OC(=O)CCCCCCCCCCCCC(C)C. The number of carbonyl (C=O) groups excluding carboxylic acids is 4. The van der Waals surface area contributed by atoms with Gasteiger partial charge < -0.3 is 33.8 Å². The minimum absolute atomic E-state index is 0.106. The lowest BCUT2D eigenvalue weighted by Gasteiger charge is -2.21. The second-order valence-corrected chi connectivity index (χ2v) is 26.9. The average Bonchev–Trinajstić information content (AvgIpc) is 3.60. The Kier molecular flexibility index (Phi) is 57.4. The first-order valence-corrected chi connectivity index (χ1v) is 37.1. The van der Waals surface area contributed by atoms with E-state index in [4.69, 9.17) is 37.0 Å². The van der Waals surface area contributed by atoms with E-state index < -0.39 is 97.5 Å². The minimum Gasteiger partial charge on any atom is -0.462 e. The highest BCUT2D eigenvalue weighted by Gasteiger charge is 2.30. The number of aliphatic hydroxyl groups is 1. The van der Waals surface area contributed by atoms with Crippen LogP contribution in [0.15, 0.2) is 0 Å². The Morgan fingerprint density at radius 3 is 0.810 bits per heavy atom. The summed E-state index contributed by atoms with van der Waals surface area (Å²) in [6.07, 6.45) is 42.9. The van der Waals surface area contributed by atoms with Crippen molar-refractivity contribution in [1.29, 1.82) is 0 Å². The first-order valence-electron chi connectivity index (χ1n) is 34.1. The second kappa shape index (κ2) is 58.7. The van der Waals surface area contributed by atoms with Crippen molar-refractivity contribution in [2.75, 3.05) is 39.6 Å². The monoisotopic (exact) mass is 1240 g/mol. The number of phosphoric ester groups is 2. The first kappa shape index (κ1) is 82.1. The molecule has 2 unspecified atom stereocenters. The maximum atomic E-state index is 13.0. The fourth-order valence-corrected chi connectivity index (χ4v) is 11.3. The Morgan fingerprint density at radius 2 is 0.548 bits per heavy atom. The standard InChI is InChI=1S/C65H126O17P2/c1-6-9-12-15-18-21-23-29-34-39-44-49-63(68)76-55-61(82-65(70)51-46-41-36-31-26-25-28-32-37-42-47-58(4)5)57-80-84(73,74)78-53-59(66)52-77-83(71,72)79-56-60(54-75-62(67)48-43-38-33-27-20-17-14-11-8-3)81-64(69)50-45-40-35-30-24-22-19-16-13-10-7-2/h58-61,66H,6-57H2,1-5H3,(H,71,72)(H,73,74)/t59-,60+,61+/m0/s1. The van der Waals surface area contributed by atoms with Crippen LogP contribution in [0.1, 0.15) is 330 Å². The maximum absolute atomic E-state index is 13.0. The zero-order valence-corrected chi connectivity index (χ0v) is 55.8. The number of ether oxygens (including phenoxy) is 4. The summed E-state index contributed by atoms with van der Waals surface area (Å²) in [6, 6.07) is 0. The third-order valence-corrected chi connectivity index (χ3v) is 16.9. The fraction of sp³-hybridized carbons (Fsp3) is 0.938. The Morgan fingerprint density at radius 1 is 0.321 bits per heavy atom. The van der Waals surface area contributed by atoms with Crippen molar-refractivity contribution in [1.82, 2.24) is 0 Å². The molecule has 3 N–H and O–H groups in total. The van der Waals surface area contributed by atoms with E-state index in [0.717, 1.165) is 95.8 Å². The second-order valence-electron chi connectivity index (χ2n) is 24.0. The largest absolute Gasteiger partial charge is 0.472 e. The molecule has 0 radical (unpaired) electrons. The smallest absolute Gasteiger partial charge is 0.462 e. The van der Waals surface area contributed by atoms with Crippen LogP contribution in [0, 0.1) is 5.92 Å². The number of rotatable bonds is 65. The van der Waals surface area contributed by atoms with Crippen LogP contribution in [-0.4, -0.2) is 96.7 Å². The molecule has 0 aromatic rings. The van der Waals surface area contributed by atoms with Gasteiger partial charge >= 0.3 is 39.5 Å². The van der Waals surface area contributed by atoms with Gasteiger partial charge in [-0.1, -0.05) is 279 Å². The van der Waals surface area contributed by atoms with Crippen LogP contribution in [0.5, 0.6) is 0 Å². The van der Waals surface area contributed by atoms with Gasteiger partial charge in [0.2, 0.25) is 0 Å². The first-order chi connectivity index (χ1) is 40.5. The van der Waals surface area contributed by atoms with E-state index in [1.807, 2.05) is 0 Å². The molecule has 5 atom stereocenters. The lowest BCUT2D eigenvalue weighted by Crippen LogP contribution is -2.30. The van der Waals surface area contributed by atoms with Crippen LogP contribution in [-0.2, 0) is 65.4 Å².